The van der Waals surface area contributed by atoms with Crippen LogP contribution in [-0.2, 0) is 11.2 Å². The zero-order chi connectivity index (χ0) is 8.43. The van der Waals surface area contributed by atoms with Gasteiger partial charge in [-0.3, -0.25) is 4.79 Å². The Bertz CT molecular complexity index is 278. The third-order valence-electron chi connectivity index (χ3n) is 1.38. The van der Waals surface area contributed by atoms with E-state index in [-0.39, 0.29) is 5.78 Å². The average Bonchev–Trinajstić information content (AvgIpc) is 2.18. The van der Waals surface area contributed by atoms with Gasteiger partial charge in [-0.25, -0.2) is 0 Å². The second kappa shape index (κ2) is 3.50. The highest BCUT2D eigenvalue weighted by Crippen LogP contribution is 2.27. The van der Waals surface area contributed by atoms with E-state index in [1.54, 1.807) is 18.3 Å². The monoisotopic (exact) mass is 232 g/mol. The molecule has 0 spiro atoms. The van der Waals surface area contributed by atoms with E-state index in [4.69, 9.17) is 0 Å². The number of halogens is 1. The molecule has 1 heterocycles. The van der Waals surface area contributed by atoms with Gasteiger partial charge in [-0.05, 0) is 40.7 Å². The first-order valence-electron chi connectivity index (χ1n) is 3.33. The molecule has 0 N–H and O–H groups in total. The van der Waals surface area contributed by atoms with Gasteiger partial charge in [-0.15, -0.1) is 11.3 Å². The number of Topliss-reactive ketones (excluding diaryl/α,β-unsaturated/α-hetero) is 1. The van der Waals surface area contributed by atoms with Crippen LogP contribution in [-0.4, -0.2) is 5.78 Å². The van der Waals surface area contributed by atoms with Gasteiger partial charge in [0, 0.05) is 15.8 Å². The van der Waals surface area contributed by atoms with E-state index in [0.29, 0.717) is 6.42 Å². The molecular formula is C8H9BrOS. The van der Waals surface area contributed by atoms with Crippen LogP contribution in [0.2, 0.25) is 0 Å². The minimum Gasteiger partial charge on any atom is -0.300 e. The van der Waals surface area contributed by atoms with E-state index < -0.39 is 0 Å². The van der Waals surface area contributed by atoms with Gasteiger partial charge in [0.05, 0.1) is 0 Å². The minimum absolute atomic E-state index is 0.215. The van der Waals surface area contributed by atoms with E-state index in [9.17, 15) is 4.79 Å². The van der Waals surface area contributed by atoms with Gasteiger partial charge in [0.25, 0.3) is 0 Å². The maximum Gasteiger partial charge on any atom is 0.135 e. The van der Waals surface area contributed by atoms with E-state index in [1.165, 1.54) is 5.56 Å². The van der Waals surface area contributed by atoms with Crippen molar-refractivity contribution < 1.29 is 4.79 Å². The van der Waals surface area contributed by atoms with Crippen molar-refractivity contribution in [3.8, 4) is 0 Å². The number of carbonyl (C=O) groups excluding carboxylic acids is 1. The molecule has 0 fully saturated rings. The Morgan fingerprint density at radius 1 is 1.73 bits per heavy atom. The largest absolute Gasteiger partial charge is 0.300 e. The standard InChI is InChI=1S/C8H9BrOS/c1-5-4-11-7(8(5)9)3-6(2)10/h4H,3H2,1-2H3. The first kappa shape index (κ1) is 8.94. The molecule has 0 radical (unpaired) electrons. The van der Waals surface area contributed by atoms with Crippen molar-refractivity contribution in [1.29, 1.82) is 0 Å². The topological polar surface area (TPSA) is 17.1 Å². The minimum atomic E-state index is 0.215. The lowest BCUT2D eigenvalue weighted by Gasteiger charge is -1.92. The fraction of sp³-hybridized carbons (Fsp3) is 0.375. The molecule has 0 amide bonds. The van der Waals surface area contributed by atoms with Crippen LogP contribution in [0.5, 0.6) is 0 Å². The van der Waals surface area contributed by atoms with Crippen LogP contribution in [0.4, 0.5) is 0 Å². The summed E-state index contributed by atoms with van der Waals surface area (Å²) in [6.07, 6.45) is 0.555. The maximum atomic E-state index is 10.8. The molecule has 1 nitrogen and oxygen atoms in total. The first-order chi connectivity index (χ1) is 5.11. The highest BCUT2D eigenvalue weighted by molar-refractivity contribution is 9.10. The van der Waals surface area contributed by atoms with Gasteiger partial charge in [0.15, 0.2) is 0 Å². The Labute approximate surface area is 78.6 Å². The molecule has 0 unspecified atom stereocenters. The summed E-state index contributed by atoms with van der Waals surface area (Å²) in [7, 11) is 0. The molecule has 60 valence electrons. The van der Waals surface area contributed by atoms with Gasteiger partial charge in [-0.1, -0.05) is 0 Å². The highest BCUT2D eigenvalue weighted by Gasteiger charge is 2.06. The first-order valence-corrected chi connectivity index (χ1v) is 5.00. The third kappa shape index (κ3) is 2.14. The van der Waals surface area contributed by atoms with Crippen LogP contribution >= 0.6 is 27.3 Å². The summed E-state index contributed by atoms with van der Waals surface area (Å²) < 4.78 is 1.10. The van der Waals surface area contributed by atoms with E-state index >= 15 is 0 Å². The van der Waals surface area contributed by atoms with Gasteiger partial charge in [0.2, 0.25) is 0 Å². The molecule has 0 saturated carbocycles. The maximum absolute atomic E-state index is 10.8. The second-order valence-corrected chi connectivity index (χ2v) is 4.29. The molecular weight excluding hydrogens is 224 g/mol. The van der Waals surface area contributed by atoms with Gasteiger partial charge in [-0.2, -0.15) is 0 Å². The predicted molar refractivity (Wildman–Crippen MR) is 51.1 cm³/mol. The van der Waals surface area contributed by atoms with Crippen LogP contribution in [0.1, 0.15) is 17.4 Å². The van der Waals surface area contributed by atoms with Crippen molar-refractivity contribution in [2.75, 3.05) is 0 Å². The Kier molecular flexibility index (Phi) is 2.84. The molecule has 3 heteroatoms. The van der Waals surface area contributed by atoms with Crippen molar-refractivity contribution in [3.63, 3.8) is 0 Å². The quantitative estimate of drug-likeness (QED) is 0.767. The van der Waals surface area contributed by atoms with Gasteiger partial charge in [0.1, 0.15) is 5.78 Å². The molecule has 0 atom stereocenters. The number of aryl methyl sites for hydroxylation is 1. The SMILES string of the molecule is CC(=O)Cc1scc(C)c1Br. The van der Waals surface area contributed by atoms with Crippen molar-refractivity contribution in [3.05, 3.63) is 20.3 Å². The van der Waals surface area contributed by atoms with E-state index in [2.05, 4.69) is 21.3 Å². The fourth-order valence-corrected chi connectivity index (χ4v) is 2.50. The molecule has 11 heavy (non-hydrogen) atoms. The summed E-state index contributed by atoms with van der Waals surface area (Å²) >= 11 is 5.07. The zero-order valence-electron chi connectivity index (χ0n) is 6.48. The molecule has 0 aliphatic rings. The Morgan fingerprint density at radius 3 is 2.73 bits per heavy atom. The summed E-state index contributed by atoms with van der Waals surface area (Å²) in [6.45, 7) is 3.64. The van der Waals surface area contributed by atoms with Crippen LogP contribution in [0.25, 0.3) is 0 Å². The molecule has 0 aliphatic carbocycles. The van der Waals surface area contributed by atoms with Crippen LogP contribution in [0, 0.1) is 6.92 Å². The van der Waals surface area contributed by atoms with E-state index in [1.807, 2.05) is 6.92 Å². The second-order valence-electron chi connectivity index (χ2n) is 2.53. The number of thiophene rings is 1. The number of ketones is 1. The number of rotatable bonds is 2. The van der Waals surface area contributed by atoms with Crippen LogP contribution < -0.4 is 0 Å². The van der Waals surface area contributed by atoms with Gasteiger partial charge < -0.3 is 0 Å². The summed E-state index contributed by atoms with van der Waals surface area (Å²) in [5.74, 6) is 0.215. The Morgan fingerprint density at radius 2 is 2.36 bits per heavy atom. The Hall–Kier alpha value is -0.150. The van der Waals surface area contributed by atoms with Crippen molar-refractivity contribution in [2.45, 2.75) is 20.3 Å². The predicted octanol–water partition coefficient (Wildman–Crippen LogP) is 2.95. The molecule has 0 saturated heterocycles. The lowest BCUT2D eigenvalue weighted by atomic mass is 10.2. The van der Waals surface area contributed by atoms with Crippen molar-refractivity contribution >= 4 is 33.0 Å². The lowest BCUT2D eigenvalue weighted by molar-refractivity contribution is -0.116. The van der Waals surface area contributed by atoms with Crippen molar-refractivity contribution in [1.82, 2.24) is 0 Å². The van der Waals surface area contributed by atoms with Gasteiger partial charge >= 0.3 is 0 Å². The fourth-order valence-electron chi connectivity index (χ4n) is 0.828. The van der Waals surface area contributed by atoms with Crippen LogP contribution in [0.3, 0.4) is 0 Å². The third-order valence-corrected chi connectivity index (χ3v) is 3.85. The zero-order valence-corrected chi connectivity index (χ0v) is 8.88. The lowest BCUT2D eigenvalue weighted by Crippen LogP contribution is -1.93. The molecule has 0 aromatic carbocycles. The average molecular weight is 233 g/mol. The molecule has 1 rings (SSSR count). The summed E-state index contributed by atoms with van der Waals surface area (Å²) in [6, 6.07) is 0. The summed E-state index contributed by atoms with van der Waals surface area (Å²) in [5, 5.41) is 2.06. The number of hydrogen-bond donors (Lipinski definition) is 0. The van der Waals surface area contributed by atoms with Crippen molar-refractivity contribution in [2.24, 2.45) is 0 Å². The number of hydrogen-bond acceptors (Lipinski definition) is 2. The summed E-state index contributed by atoms with van der Waals surface area (Å²) in [5.41, 5.74) is 1.21. The molecule has 1 aromatic heterocycles. The summed E-state index contributed by atoms with van der Waals surface area (Å²) in [4.78, 5) is 11.9. The van der Waals surface area contributed by atoms with E-state index in [0.717, 1.165) is 9.35 Å². The van der Waals surface area contributed by atoms with Crippen LogP contribution in [0.15, 0.2) is 9.85 Å². The molecule has 0 bridgehead atoms. The highest BCUT2D eigenvalue weighted by atomic mass is 79.9. The normalized spacial score (nSPS) is 10.1. The molecule has 0 aliphatic heterocycles. The number of carbonyl (C=O) groups is 1. The molecule has 1 aromatic rings. The Balaban J connectivity index is 2.87. The smallest absolute Gasteiger partial charge is 0.135 e.